The number of halogens is 3. The van der Waals surface area contributed by atoms with Crippen LogP contribution in [-0.2, 0) is 0 Å². The van der Waals surface area contributed by atoms with Crippen molar-refractivity contribution in [3.63, 3.8) is 0 Å². The van der Waals surface area contributed by atoms with Gasteiger partial charge in [-0.05, 0) is 31.0 Å². The van der Waals surface area contributed by atoms with E-state index in [4.69, 9.17) is 5.73 Å². The second-order valence-corrected chi connectivity index (χ2v) is 4.28. The van der Waals surface area contributed by atoms with E-state index in [1.807, 2.05) is 0 Å². The maximum Gasteiger partial charge on any atom is 0.254 e. The monoisotopic (exact) mass is 276 g/mol. The van der Waals surface area contributed by atoms with Gasteiger partial charge < -0.3 is 10.6 Å². The number of hydrogen-bond donors (Lipinski definition) is 1. The van der Waals surface area contributed by atoms with Crippen LogP contribution in [0.2, 0.25) is 0 Å². The molecular weight excluding hydrogens is 262 g/mol. The molecule has 1 aromatic carbocycles. The molecule has 1 aliphatic heterocycles. The number of carbonyl (C=O) groups is 1. The van der Waals surface area contributed by atoms with Crippen LogP contribution >= 0.6 is 12.4 Å². The Morgan fingerprint density at radius 2 is 2.06 bits per heavy atom. The Morgan fingerprint density at radius 1 is 1.33 bits per heavy atom. The van der Waals surface area contributed by atoms with E-state index >= 15 is 0 Å². The van der Waals surface area contributed by atoms with Gasteiger partial charge in [0.1, 0.15) is 0 Å². The number of nitrogens with two attached hydrogens (primary N) is 1. The molecule has 1 atom stereocenters. The summed E-state index contributed by atoms with van der Waals surface area (Å²) < 4.78 is 25.8. The Balaban J connectivity index is 0.00000162. The Bertz CT molecular complexity index is 442. The lowest BCUT2D eigenvalue weighted by atomic mass is 10.1. The fourth-order valence-electron chi connectivity index (χ4n) is 2.01. The number of piperidine rings is 1. The first-order chi connectivity index (χ1) is 8.08. The SMILES string of the molecule is Cl.N[C@@H]1CCCN(C(=O)c2ccc(F)c(F)c2)C1. The van der Waals surface area contributed by atoms with Crippen LogP contribution in [0.5, 0.6) is 0 Å². The molecule has 0 aromatic heterocycles. The quantitative estimate of drug-likeness (QED) is 0.852. The fourth-order valence-corrected chi connectivity index (χ4v) is 2.01. The molecular formula is C12H15ClF2N2O. The van der Waals surface area contributed by atoms with Gasteiger partial charge in [-0.3, -0.25) is 4.79 Å². The molecule has 1 amide bonds. The van der Waals surface area contributed by atoms with Gasteiger partial charge in [0, 0.05) is 24.7 Å². The van der Waals surface area contributed by atoms with Crippen molar-refractivity contribution in [1.29, 1.82) is 0 Å². The highest BCUT2D eigenvalue weighted by Gasteiger charge is 2.22. The molecule has 0 bridgehead atoms. The predicted molar refractivity (Wildman–Crippen MR) is 66.7 cm³/mol. The summed E-state index contributed by atoms with van der Waals surface area (Å²) >= 11 is 0. The molecule has 0 radical (unpaired) electrons. The van der Waals surface area contributed by atoms with Gasteiger partial charge in [0.2, 0.25) is 0 Å². The maximum atomic E-state index is 13.0. The largest absolute Gasteiger partial charge is 0.337 e. The van der Waals surface area contributed by atoms with Gasteiger partial charge >= 0.3 is 0 Å². The van der Waals surface area contributed by atoms with E-state index < -0.39 is 11.6 Å². The lowest BCUT2D eigenvalue weighted by Crippen LogP contribution is -2.45. The minimum absolute atomic E-state index is 0. The van der Waals surface area contributed by atoms with E-state index in [1.54, 1.807) is 4.90 Å². The van der Waals surface area contributed by atoms with Crippen LogP contribution in [0.15, 0.2) is 18.2 Å². The number of hydrogen-bond acceptors (Lipinski definition) is 2. The summed E-state index contributed by atoms with van der Waals surface area (Å²) in [4.78, 5) is 13.6. The number of amides is 1. The van der Waals surface area contributed by atoms with Crippen molar-refractivity contribution in [3.05, 3.63) is 35.4 Å². The molecule has 0 saturated carbocycles. The fraction of sp³-hybridized carbons (Fsp3) is 0.417. The Hall–Kier alpha value is -1.20. The zero-order valence-electron chi connectivity index (χ0n) is 9.73. The van der Waals surface area contributed by atoms with Gasteiger partial charge in [-0.1, -0.05) is 0 Å². The topological polar surface area (TPSA) is 46.3 Å². The van der Waals surface area contributed by atoms with Crippen LogP contribution in [0.25, 0.3) is 0 Å². The molecule has 1 aliphatic rings. The molecule has 1 fully saturated rings. The molecule has 2 rings (SSSR count). The molecule has 6 heteroatoms. The Morgan fingerprint density at radius 3 is 2.67 bits per heavy atom. The summed E-state index contributed by atoms with van der Waals surface area (Å²) in [5.74, 6) is -2.24. The van der Waals surface area contributed by atoms with E-state index in [0.717, 1.165) is 25.0 Å². The van der Waals surface area contributed by atoms with E-state index in [1.165, 1.54) is 6.07 Å². The smallest absolute Gasteiger partial charge is 0.254 e. The molecule has 1 saturated heterocycles. The Kier molecular flexibility index (Phi) is 5.04. The van der Waals surface area contributed by atoms with Crippen molar-refractivity contribution < 1.29 is 13.6 Å². The zero-order valence-corrected chi connectivity index (χ0v) is 10.6. The third kappa shape index (κ3) is 3.17. The summed E-state index contributed by atoms with van der Waals surface area (Å²) in [6.07, 6.45) is 1.73. The molecule has 1 heterocycles. The first-order valence-corrected chi connectivity index (χ1v) is 5.58. The van der Waals surface area contributed by atoms with E-state index in [9.17, 15) is 13.6 Å². The molecule has 18 heavy (non-hydrogen) atoms. The van der Waals surface area contributed by atoms with Crippen molar-refractivity contribution in [3.8, 4) is 0 Å². The van der Waals surface area contributed by atoms with Crippen molar-refractivity contribution in [1.82, 2.24) is 4.90 Å². The molecule has 3 nitrogen and oxygen atoms in total. The van der Waals surface area contributed by atoms with E-state index in [2.05, 4.69) is 0 Å². The van der Waals surface area contributed by atoms with Crippen LogP contribution in [0.1, 0.15) is 23.2 Å². The van der Waals surface area contributed by atoms with Gasteiger partial charge in [-0.15, -0.1) is 12.4 Å². The van der Waals surface area contributed by atoms with Crippen LogP contribution in [-0.4, -0.2) is 29.9 Å². The summed E-state index contributed by atoms with van der Waals surface area (Å²) in [5, 5.41) is 0. The minimum atomic E-state index is -1.00. The molecule has 1 aromatic rings. The number of rotatable bonds is 1. The second kappa shape index (κ2) is 6.11. The van der Waals surface area contributed by atoms with E-state index in [0.29, 0.717) is 13.1 Å². The number of nitrogens with zero attached hydrogens (tertiary/aromatic N) is 1. The average Bonchev–Trinajstić information content (AvgIpc) is 2.32. The van der Waals surface area contributed by atoms with Gasteiger partial charge in [0.25, 0.3) is 5.91 Å². The first kappa shape index (κ1) is 14.9. The Labute approximate surface area is 110 Å². The van der Waals surface area contributed by atoms with Crippen molar-refractivity contribution in [2.75, 3.05) is 13.1 Å². The van der Waals surface area contributed by atoms with Crippen LogP contribution in [0, 0.1) is 11.6 Å². The molecule has 2 N–H and O–H groups in total. The molecule has 100 valence electrons. The van der Waals surface area contributed by atoms with Gasteiger partial charge in [0.05, 0.1) is 0 Å². The van der Waals surface area contributed by atoms with Crippen molar-refractivity contribution >= 4 is 18.3 Å². The lowest BCUT2D eigenvalue weighted by molar-refractivity contribution is 0.0708. The number of likely N-dealkylation sites (tertiary alicyclic amines) is 1. The summed E-state index contributed by atoms with van der Waals surface area (Å²) in [6.45, 7) is 1.09. The summed E-state index contributed by atoms with van der Waals surface area (Å²) in [6, 6.07) is 3.16. The highest BCUT2D eigenvalue weighted by atomic mass is 35.5. The first-order valence-electron chi connectivity index (χ1n) is 5.58. The van der Waals surface area contributed by atoms with Crippen LogP contribution < -0.4 is 5.73 Å². The van der Waals surface area contributed by atoms with Crippen LogP contribution in [0.4, 0.5) is 8.78 Å². The number of carbonyl (C=O) groups excluding carboxylic acids is 1. The number of benzene rings is 1. The standard InChI is InChI=1S/C12H14F2N2O.ClH/c13-10-4-3-8(6-11(10)14)12(17)16-5-1-2-9(15)7-16;/h3-4,6,9H,1-2,5,7,15H2;1H/t9-;/m1./s1. The predicted octanol–water partition coefficient (Wildman–Crippen LogP) is 1.95. The zero-order chi connectivity index (χ0) is 12.4. The van der Waals surface area contributed by atoms with Crippen molar-refractivity contribution in [2.24, 2.45) is 5.73 Å². The highest BCUT2D eigenvalue weighted by Crippen LogP contribution is 2.15. The van der Waals surface area contributed by atoms with Gasteiger partial charge in [-0.25, -0.2) is 8.78 Å². The maximum absolute atomic E-state index is 13.0. The minimum Gasteiger partial charge on any atom is -0.337 e. The third-order valence-electron chi connectivity index (χ3n) is 2.91. The van der Waals surface area contributed by atoms with Crippen molar-refractivity contribution in [2.45, 2.75) is 18.9 Å². The highest BCUT2D eigenvalue weighted by molar-refractivity contribution is 5.94. The van der Waals surface area contributed by atoms with Crippen LogP contribution in [0.3, 0.4) is 0 Å². The third-order valence-corrected chi connectivity index (χ3v) is 2.91. The molecule has 0 unspecified atom stereocenters. The summed E-state index contributed by atoms with van der Waals surface area (Å²) in [5.41, 5.74) is 5.93. The average molecular weight is 277 g/mol. The molecule has 0 aliphatic carbocycles. The second-order valence-electron chi connectivity index (χ2n) is 4.28. The lowest BCUT2D eigenvalue weighted by Gasteiger charge is -2.30. The van der Waals surface area contributed by atoms with Gasteiger partial charge in [0.15, 0.2) is 11.6 Å². The van der Waals surface area contributed by atoms with E-state index in [-0.39, 0.29) is 29.9 Å². The normalized spacial score (nSPS) is 19.3. The molecule has 0 spiro atoms. The van der Waals surface area contributed by atoms with Gasteiger partial charge in [-0.2, -0.15) is 0 Å². The summed E-state index contributed by atoms with van der Waals surface area (Å²) in [7, 11) is 0.